The average Bonchev–Trinajstić information content (AvgIpc) is 3.66. The van der Waals surface area contributed by atoms with Crippen LogP contribution in [0.1, 0.15) is 54.4 Å². The van der Waals surface area contributed by atoms with Gasteiger partial charge in [0.25, 0.3) is 0 Å². The van der Waals surface area contributed by atoms with Crippen molar-refractivity contribution in [2.24, 2.45) is 11.8 Å². The molecule has 2 aliphatic heterocycles. The van der Waals surface area contributed by atoms with Gasteiger partial charge in [-0.05, 0) is 74.0 Å². The Morgan fingerprint density at radius 1 is 0.946 bits per heavy atom. The lowest BCUT2D eigenvalue weighted by molar-refractivity contribution is 0.0940. The molecule has 1 aromatic carbocycles. The number of carbonyl (C=O) groups is 1. The fraction of sp³-hybridized carbons (Fsp3) is 0.500. The van der Waals surface area contributed by atoms with E-state index in [0.717, 1.165) is 67.9 Å². The molecule has 1 aliphatic carbocycles. The lowest BCUT2D eigenvalue weighted by Crippen LogP contribution is -2.47. The molecule has 0 N–H and O–H groups in total. The molecule has 0 radical (unpaired) electrons. The highest BCUT2D eigenvalue weighted by Gasteiger charge is 2.27. The third-order valence-electron chi connectivity index (χ3n) is 8.51. The van der Waals surface area contributed by atoms with E-state index in [1.807, 2.05) is 47.4 Å². The molecule has 0 amide bonds. The number of piperazine rings is 1. The Bertz CT molecular complexity index is 1180. The number of Topliss-reactive ketones (excluding diaryl/α,β-unsaturated/α-hetero) is 1. The van der Waals surface area contributed by atoms with Crippen LogP contribution in [-0.2, 0) is 6.42 Å². The molecule has 7 nitrogen and oxygen atoms in total. The fourth-order valence-corrected chi connectivity index (χ4v) is 6.19. The summed E-state index contributed by atoms with van der Waals surface area (Å²) >= 11 is 0. The van der Waals surface area contributed by atoms with Crippen LogP contribution in [0.4, 0.5) is 5.82 Å². The number of rotatable bonds is 8. The molecule has 6 rings (SSSR count). The summed E-state index contributed by atoms with van der Waals surface area (Å²) in [7, 11) is 0. The molecule has 1 saturated carbocycles. The van der Waals surface area contributed by atoms with Crippen LogP contribution in [-0.4, -0.2) is 64.8 Å². The van der Waals surface area contributed by atoms with Crippen molar-refractivity contribution in [1.29, 1.82) is 0 Å². The molecule has 0 bridgehead atoms. The minimum atomic E-state index is 0.275. The predicted octanol–water partition coefficient (Wildman–Crippen LogP) is 4.79. The summed E-state index contributed by atoms with van der Waals surface area (Å²) in [5.41, 5.74) is 3.10. The summed E-state index contributed by atoms with van der Waals surface area (Å²) in [5, 5.41) is 4.25. The molecule has 0 unspecified atom stereocenters. The molecule has 4 heterocycles. The number of fused-ring (bicyclic) bond motifs is 1. The van der Waals surface area contributed by atoms with Crippen LogP contribution in [0.5, 0.6) is 5.75 Å². The fourth-order valence-electron chi connectivity index (χ4n) is 6.19. The van der Waals surface area contributed by atoms with Gasteiger partial charge in [0.2, 0.25) is 0 Å². The van der Waals surface area contributed by atoms with E-state index in [1.165, 1.54) is 44.2 Å². The van der Waals surface area contributed by atoms with Gasteiger partial charge < -0.3 is 9.64 Å². The number of ketones is 1. The Kier molecular flexibility index (Phi) is 7.22. The number of nitrogens with zero attached hydrogens (tertiary/aromatic N) is 5. The molecule has 7 heteroatoms. The van der Waals surface area contributed by atoms with Crippen LogP contribution in [0.3, 0.4) is 0 Å². The maximum absolute atomic E-state index is 12.9. The van der Waals surface area contributed by atoms with Crippen LogP contribution in [0.2, 0.25) is 0 Å². The van der Waals surface area contributed by atoms with Gasteiger partial charge in [0.15, 0.2) is 17.4 Å². The SMILES string of the molecule is O=C(CC1CCC(CCN2CCN(c3nccc4c3OCC4)CC2)CC1)c1ccc(-n2cccn2)cc1. The first kappa shape index (κ1) is 24.2. The van der Waals surface area contributed by atoms with E-state index in [2.05, 4.69) is 25.9 Å². The monoisotopic (exact) mass is 499 g/mol. The highest BCUT2D eigenvalue weighted by atomic mass is 16.5. The smallest absolute Gasteiger partial charge is 0.171 e. The zero-order chi connectivity index (χ0) is 25.0. The maximum atomic E-state index is 12.9. The number of benzene rings is 1. The van der Waals surface area contributed by atoms with Crippen LogP contribution < -0.4 is 9.64 Å². The van der Waals surface area contributed by atoms with Crippen molar-refractivity contribution in [3.05, 3.63) is 66.1 Å². The van der Waals surface area contributed by atoms with Gasteiger partial charge in [-0.3, -0.25) is 9.69 Å². The van der Waals surface area contributed by atoms with Crippen molar-refractivity contribution in [3.8, 4) is 11.4 Å². The molecule has 1 saturated heterocycles. The Hall–Kier alpha value is -3.19. The highest BCUT2D eigenvalue weighted by Crippen LogP contribution is 2.35. The van der Waals surface area contributed by atoms with Crippen molar-refractivity contribution < 1.29 is 9.53 Å². The van der Waals surface area contributed by atoms with Gasteiger partial charge in [-0.2, -0.15) is 5.10 Å². The Morgan fingerprint density at radius 3 is 2.49 bits per heavy atom. The molecular weight excluding hydrogens is 462 g/mol. The van der Waals surface area contributed by atoms with Crippen LogP contribution in [0.15, 0.2) is 55.0 Å². The average molecular weight is 500 g/mol. The summed E-state index contributed by atoms with van der Waals surface area (Å²) in [5.74, 6) is 3.65. The van der Waals surface area contributed by atoms with E-state index in [0.29, 0.717) is 12.3 Å². The first-order valence-corrected chi connectivity index (χ1v) is 13.9. The number of anilines is 1. The first-order valence-electron chi connectivity index (χ1n) is 13.9. The Labute approximate surface area is 219 Å². The summed E-state index contributed by atoms with van der Waals surface area (Å²) < 4.78 is 7.69. The normalized spacial score (nSPS) is 22.0. The zero-order valence-electron chi connectivity index (χ0n) is 21.6. The molecular formula is C30H37N5O2. The topological polar surface area (TPSA) is 63.5 Å². The number of hydrogen-bond donors (Lipinski definition) is 0. The molecule has 2 aromatic heterocycles. The Morgan fingerprint density at radius 2 is 1.73 bits per heavy atom. The van der Waals surface area contributed by atoms with E-state index in [1.54, 1.807) is 6.20 Å². The van der Waals surface area contributed by atoms with Gasteiger partial charge in [-0.15, -0.1) is 0 Å². The second-order valence-corrected chi connectivity index (χ2v) is 10.9. The lowest BCUT2D eigenvalue weighted by Gasteiger charge is -2.37. The van der Waals surface area contributed by atoms with Gasteiger partial charge in [0, 0.05) is 68.7 Å². The summed E-state index contributed by atoms with van der Waals surface area (Å²) in [6, 6.07) is 11.8. The van der Waals surface area contributed by atoms with Crippen LogP contribution in [0.25, 0.3) is 5.69 Å². The van der Waals surface area contributed by atoms with Crippen molar-refractivity contribution in [3.63, 3.8) is 0 Å². The van der Waals surface area contributed by atoms with Crippen molar-refractivity contribution in [2.75, 3.05) is 44.2 Å². The minimum absolute atomic E-state index is 0.275. The van der Waals surface area contributed by atoms with Gasteiger partial charge in [-0.25, -0.2) is 9.67 Å². The second kappa shape index (κ2) is 11.1. The largest absolute Gasteiger partial charge is 0.489 e. The van der Waals surface area contributed by atoms with E-state index in [4.69, 9.17) is 4.74 Å². The number of carbonyl (C=O) groups excluding carboxylic acids is 1. The number of aromatic nitrogens is 3. The van der Waals surface area contributed by atoms with Crippen LogP contribution in [0, 0.1) is 11.8 Å². The lowest BCUT2D eigenvalue weighted by atomic mass is 9.78. The van der Waals surface area contributed by atoms with E-state index in [-0.39, 0.29) is 5.78 Å². The number of hydrogen-bond acceptors (Lipinski definition) is 6. The van der Waals surface area contributed by atoms with Crippen molar-refractivity contribution in [2.45, 2.75) is 44.9 Å². The summed E-state index contributed by atoms with van der Waals surface area (Å²) in [6.45, 7) is 6.18. The maximum Gasteiger partial charge on any atom is 0.171 e. The van der Waals surface area contributed by atoms with Gasteiger partial charge in [-0.1, -0.05) is 12.8 Å². The minimum Gasteiger partial charge on any atom is -0.489 e. The number of pyridine rings is 1. The van der Waals surface area contributed by atoms with E-state index in [9.17, 15) is 4.79 Å². The Balaban J connectivity index is 0.910. The third-order valence-corrected chi connectivity index (χ3v) is 8.51. The number of ether oxygens (including phenoxy) is 1. The third kappa shape index (κ3) is 5.57. The quantitative estimate of drug-likeness (QED) is 0.415. The second-order valence-electron chi connectivity index (χ2n) is 10.9. The van der Waals surface area contributed by atoms with Crippen molar-refractivity contribution in [1.82, 2.24) is 19.7 Å². The predicted molar refractivity (Wildman–Crippen MR) is 145 cm³/mol. The molecule has 2 fully saturated rings. The van der Waals surface area contributed by atoms with E-state index < -0.39 is 0 Å². The first-order chi connectivity index (χ1) is 18.2. The molecule has 0 atom stereocenters. The van der Waals surface area contributed by atoms with Gasteiger partial charge in [0.1, 0.15) is 0 Å². The van der Waals surface area contributed by atoms with Crippen LogP contribution >= 0.6 is 0 Å². The standard InChI is InChI=1S/C30H37N5O2/c36-28(25-6-8-27(9-7-25)35-15-1-13-32-35)22-24-4-2-23(3-5-24)11-16-33-17-19-34(20-18-33)30-29-26(10-14-31-30)12-21-37-29/h1,6-10,13-15,23-24H,2-5,11-12,16-22H2. The van der Waals surface area contributed by atoms with Gasteiger partial charge >= 0.3 is 0 Å². The molecule has 194 valence electrons. The molecule has 3 aliphatic rings. The molecule has 37 heavy (non-hydrogen) atoms. The van der Waals surface area contributed by atoms with Gasteiger partial charge in [0.05, 0.1) is 12.3 Å². The highest BCUT2D eigenvalue weighted by molar-refractivity contribution is 5.96. The van der Waals surface area contributed by atoms with E-state index >= 15 is 0 Å². The zero-order valence-corrected chi connectivity index (χ0v) is 21.6. The molecule has 3 aromatic rings. The van der Waals surface area contributed by atoms with Crippen molar-refractivity contribution >= 4 is 11.6 Å². The molecule has 0 spiro atoms. The summed E-state index contributed by atoms with van der Waals surface area (Å²) in [6.07, 6.45) is 13.4. The summed E-state index contributed by atoms with van der Waals surface area (Å²) in [4.78, 5) is 22.5.